The molecule has 1 aromatic rings. The molecule has 0 saturated carbocycles. The smallest absolute Gasteiger partial charge is 0.257 e. The second kappa shape index (κ2) is 8.76. The summed E-state index contributed by atoms with van der Waals surface area (Å²) < 4.78 is 10.8. The molecular weight excluding hydrogens is 280 g/mol. The fourth-order valence-corrected chi connectivity index (χ4v) is 2.43. The number of aryl methyl sites for hydroxylation is 1. The standard InChI is InChI=1S/C17H26N2O3/c1-3-15-4-6-16(7-5-15)22-13-17(20)18-12-14(2)19-8-10-21-11-9-19/h4-7,14H,3,8-13H2,1-2H3,(H,18,20)/t14-/m0/s1. The van der Waals surface area contributed by atoms with E-state index in [1.165, 1.54) is 5.56 Å². The molecule has 1 aliphatic heterocycles. The van der Waals surface area contributed by atoms with E-state index < -0.39 is 0 Å². The summed E-state index contributed by atoms with van der Waals surface area (Å²) in [5, 5.41) is 2.93. The molecule has 22 heavy (non-hydrogen) atoms. The Balaban J connectivity index is 1.66. The van der Waals surface area contributed by atoms with Crippen molar-refractivity contribution in [1.29, 1.82) is 0 Å². The van der Waals surface area contributed by atoms with Crippen LogP contribution in [0.1, 0.15) is 19.4 Å². The summed E-state index contributed by atoms with van der Waals surface area (Å²) in [6.45, 7) is 8.33. The van der Waals surface area contributed by atoms with E-state index in [-0.39, 0.29) is 12.5 Å². The third-order valence-electron chi connectivity index (χ3n) is 3.97. The zero-order valence-electron chi connectivity index (χ0n) is 13.5. The summed E-state index contributed by atoms with van der Waals surface area (Å²) in [6.07, 6.45) is 1.00. The summed E-state index contributed by atoms with van der Waals surface area (Å²) in [6, 6.07) is 8.17. The van der Waals surface area contributed by atoms with Crippen molar-refractivity contribution in [2.75, 3.05) is 39.5 Å². The minimum Gasteiger partial charge on any atom is -0.484 e. The summed E-state index contributed by atoms with van der Waals surface area (Å²) in [5.74, 6) is 0.647. The molecule has 0 bridgehead atoms. The van der Waals surface area contributed by atoms with Crippen LogP contribution in [0.3, 0.4) is 0 Å². The van der Waals surface area contributed by atoms with Gasteiger partial charge in [0.2, 0.25) is 0 Å². The van der Waals surface area contributed by atoms with E-state index in [4.69, 9.17) is 9.47 Å². The van der Waals surface area contributed by atoms with Crippen LogP contribution in [-0.2, 0) is 16.0 Å². The van der Waals surface area contributed by atoms with Gasteiger partial charge in [-0.05, 0) is 31.0 Å². The van der Waals surface area contributed by atoms with Crippen LogP contribution in [0.5, 0.6) is 5.75 Å². The third kappa shape index (κ3) is 5.31. The SMILES string of the molecule is CCc1ccc(OCC(=O)NC[C@H](C)N2CCOCC2)cc1. The molecule has 1 heterocycles. The van der Waals surface area contributed by atoms with E-state index in [1.807, 2.05) is 24.3 Å². The van der Waals surface area contributed by atoms with Gasteiger partial charge < -0.3 is 14.8 Å². The van der Waals surface area contributed by atoms with Crippen molar-refractivity contribution >= 4 is 5.91 Å². The number of carbonyl (C=O) groups excluding carboxylic acids is 1. The van der Waals surface area contributed by atoms with Gasteiger partial charge in [-0.2, -0.15) is 0 Å². The molecule has 0 aliphatic carbocycles. The van der Waals surface area contributed by atoms with E-state index in [0.717, 1.165) is 38.5 Å². The fourth-order valence-electron chi connectivity index (χ4n) is 2.43. The number of hydrogen-bond acceptors (Lipinski definition) is 4. The largest absolute Gasteiger partial charge is 0.484 e. The maximum absolute atomic E-state index is 11.8. The molecule has 1 aromatic carbocycles. The van der Waals surface area contributed by atoms with Crippen LogP contribution in [0.2, 0.25) is 0 Å². The normalized spacial score (nSPS) is 17.0. The Morgan fingerprint density at radius 2 is 2.00 bits per heavy atom. The van der Waals surface area contributed by atoms with Gasteiger partial charge in [-0.1, -0.05) is 19.1 Å². The number of rotatable bonds is 7. The molecule has 0 unspecified atom stereocenters. The van der Waals surface area contributed by atoms with Crippen LogP contribution < -0.4 is 10.1 Å². The van der Waals surface area contributed by atoms with Gasteiger partial charge in [-0.3, -0.25) is 9.69 Å². The molecule has 0 aromatic heterocycles. The van der Waals surface area contributed by atoms with Crippen molar-refractivity contribution in [3.05, 3.63) is 29.8 Å². The van der Waals surface area contributed by atoms with E-state index in [9.17, 15) is 4.79 Å². The van der Waals surface area contributed by atoms with E-state index in [2.05, 4.69) is 24.1 Å². The maximum atomic E-state index is 11.8. The fraction of sp³-hybridized carbons (Fsp3) is 0.588. The van der Waals surface area contributed by atoms with Gasteiger partial charge in [0.05, 0.1) is 13.2 Å². The Bertz CT molecular complexity index is 455. The van der Waals surface area contributed by atoms with Crippen molar-refractivity contribution in [3.63, 3.8) is 0 Å². The highest BCUT2D eigenvalue weighted by Crippen LogP contribution is 2.12. The molecule has 1 atom stereocenters. The highest BCUT2D eigenvalue weighted by atomic mass is 16.5. The first-order chi connectivity index (χ1) is 10.7. The van der Waals surface area contributed by atoms with Crippen LogP contribution in [0.15, 0.2) is 24.3 Å². The van der Waals surface area contributed by atoms with Gasteiger partial charge in [-0.25, -0.2) is 0 Å². The number of nitrogens with zero attached hydrogens (tertiary/aromatic N) is 1. The highest BCUT2D eigenvalue weighted by molar-refractivity contribution is 5.77. The molecule has 1 fully saturated rings. The maximum Gasteiger partial charge on any atom is 0.257 e. The first-order valence-corrected chi connectivity index (χ1v) is 7.99. The summed E-state index contributed by atoms with van der Waals surface area (Å²) in [7, 11) is 0. The summed E-state index contributed by atoms with van der Waals surface area (Å²) >= 11 is 0. The molecule has 1 saturated heterocycles. The minimum absolute atomic E-state index is 0.0568. The van der Waals surface area contributed by atoms with Gasteiger partial charge in [0.25, 0.3) is 5.91 Å². The third-order valence-corrected chi connectivity index (χ3v) is 3.97. The second-order valence-electron chi connectivity index (χ2n) is 5.59. The lowest BCUT2D eigenvalue weighted by Gasteiger charge is -2.32. The Kier molecular flexibility index (Phi) is 6.68. The van der Waals surface area contributed by atoms with Gasteiger partial charge in [0.1, 0.15) is 5.75 Å². The second-order valence-corrected chi connectivity index (χ2v) is 5.59. The molecule has 1 N–H and O–H groups in total. The number of ether oxygens (including phenoxy) is 2. The van der Waals surface area contributed by atoms with Gasteiger partial charge in [-0.15, -0.1) is 0 Å². The molecule has 0 radical (unpaired) electrons. The Morgan fingerprint density at radius 3 is 2.64 bits per heavy atom. The number of hydrogen-bond donors (Lipinski definition) is 1. The number of benzene rings is 1. The minimum atomic E-state index is -0.0836. The van der Waals surface area contributed by atoms with Crippen LogP contribution in [-0.4, -0.2) is 56.3 Å². The summed E-state index contributed by atoms with van der Waals surface area (Å²) in [4.78, 5) is 14.2. The topological polar surface area (TPSA) is 50.8 Å². The first kappa shape index (κ1) is 16.8. The van der Waals surface area contributed by atoms with Crippen LogP contribution in [0, 0.1) is 0 Å². The van der Waals surface area contributed by atoms with Crippen LogP contribution >= 0.6 is 0 Å². The number of morpholine rings is 1. The quantitative estimate of drug-likeness (QED) is 0.829. The number of amides is 1. The average Bonchev–Trinajstić information content (AvgIpc) is 2.59. The lowest BCUT2D eigenvalue weighted by Crippen LogP contribution is -2.47. The summed E-state index contributed by atoms with van der Waals surface area (Å²) in [5.41, 5.74) is 1.26. The average molecular weight is 306 g/mol. The van der Waals surface area contributed by atoms with Crippen molar-refractivity contribution in [2.24, 2.45) is 0 Å². The monoisotopic (exact) mass is 306 g/mol. The van der Waals surface area contributed by atoms with E-state index >= 15 is 0 Å². The van der Waals surface area contributed by atoms with Crippen molar-refractivity contribution in [2.45, 2.75) is 26.3 Å². The molecule has 2 rings (SSSR count). The van der Waals surface area contributed by atoms with E-state index in [0.29, 0.717) is 12.6 Å². The van der Waals surface area contributed by atoms with Gasteiger partial charge >= 0.3 is 0 Å². The Labute approximate surface area is 132 Å². The number of nitrogens with one attached hydrogen (secondary N) is 1. The van der Waals surface area contributed by atoms with Gasteiger partial charge in [0.15, 0.2) is 6.61 Å². The molecule has 1 aliphatic rings. The Morgan fingerprint density at radius 1 is 1.32 bits per heavy atom. The zero-order chi connectivity index (χ0) is 15.8. The molecular formula is C17H26N2O3. The van der Waals surface area contributed by atoms with Crippen LogP contribution in [0.25, 0.3) is 0 Å². The molecule has 5 nitrogen and oxygen atoms in total. The predicted octanol–water partition coefficient (Wildman–Crippen LogP) is 1.46. The van der Waals surface area contributed by atoms with Crippen molar-refractivity contribution < 1.29 is 14.3 Å². The van der Waals surface area contributed by atoms with Crippen LogP contribution in [0.4, 0.5) is 0 Å². The van der Waals surface area contributed by atoms with Crippen molar-refractivity contribution in [1.82, 2.24) is 10.2 Å². The predicted molar refractivity (Wildman–Crippen MR) is 86.2 cm³/mol. The lowest BCUT2D eigenvalue weighted by atomic mass is 10.2. The van der Waals surface area contributed by atoms with Crippen molar-refractivity contribution in [3.8, 4) is 5.75 Å². The van der Waals surface area contributed by atoms with E-state index in [1.54, 1.807) is 0 Å². The molecule has 0 spiro atoms. The first-order valence-electron chi connectivity index (χ1n) is 7.99. The number of carbonyl (C=O) groups is 1. The van der Waals surface area contributed by atoms with Gasteiger partial charge in [0, 0.05) is 25.7 Å². The Hall–Kier alpha value is -1.59. The lowest BCUT2D eigenvalue weighted by molar-refractivity contribution is -0.123. The molecule has 5 heteroatoms. The highest BCUT2D eigenvalue weighted by Gasteiger charge is 2.17. The zero-order valence-corrected chi connectivity index (χ0v) is 13.5. The molecule has 122 valence electrons. The molecule has 1 amide bonds.